The van der Waals surface area contributed by atoms with E-state index in [4.69, 9.17) is 16.6 Å². The predicted molar refractivity (Wildman–Crippen MR) is 86.5 cm³/mol. The molecule has 1 aromatic heterocycles. The number of halogens is 1. The van der Waals surface area contributed by atoms with Gasteiger partial charge in [0, 0.05) is 25.7 Å². The first-order valence-corrected chi connectivity index (χ1v) is 7.89. The van der Waals surface area contributed by atoms with Crippen molar-refractivity contribution in [2.45, 2.75) is 53.1 Å². The molecule has 0 amide bonds. The summed E-state index contributed by atoms with van der Waals surface area (Å²) in [7, 11) is 0. The third-order valence-electron chi connectivity index (χ3n) is 4.02. The third-order valence-corrected chi connectivity index (χ3v) is 4.37. The zero-order valence-electron chi connectivity index (χ0n) is 13.0. The van der Waals surface area contributed by atoms with E-state index in [2.05, 4.69) is 37.9 Å². The lowest BCUT2D eigenvalue weighted by molar-refractivity contribution is 0.279. The van der Waals surface area contributed by atoms with Crippen molar-refractivity contribution in [1.82, 2.24) is 10.3 Å². The summed E-state index contributed by atoms with van der Waals surface area (Å²) in [5.41, 5.74) is 1.41. The number of piperidine rings is 1. The van der Waals surface area contributed by atoms with Crippen LogP contribution in [0.4, 0.5) is 5.82 Å². The van der Waals surface area contributed by atoms with Crippen LogP contribution >= 0.6 is 11.6 Å². The molecule has 0 unspecified atom stereocenters. The van der Waals surface area contributed by atoms with Crippen LogP contribution in [-0.2, 0) is 6.54 Å². The van der Waals surface area contributed by atoms with E-state index in [9.17, 15) is 0 Å². The number of pyridine rings is 1. The molecule has 0 spiro atoms. The van der Waals surface area contributed by atoms with Gasteiger partial charge in [0.1, 0.15) is 5.82 Å². The number of nitrogens with one attached hydrogen (secondary N) is 1. The molecular formula is C16H26ClN3. The average molecular weight is 296 g/mol. The van der Waals surface area contributed by atoms with Gasteiger partial charge in [-0.15, -0.1) is 0 Å². The van der Waals surface area contributed by atoms with Gasteiger partial charge >= 0.3 is 0 Å². The molecule has 1 saturated heterocycles. The number of hydrogen-bond donors (Lipinski definition) is 1. The monoisotopic (exact) mass is 295 g/mol. The standard InChI is InChI=1S/C16H26ClN3/c1-12(2)18-11-14-13(17)5-6-15(19-14)20-9-7-16(3,4)8-10-20/h5-6,12,18H,7-11H2,1-4H3. The average Bonchev–Trinajstić information content (AvgIpc) is 2.38. The summed E-state index contributed by atoms with van der Waals surface area (Å²) in [6, 6.07) is 4.45. The van der Waals surface area contributed by atoms with Crippen molar-refractivity contribution in [2.24, 2.45) is 5.41 Å². The number of hydrogen-bond acceptors (Lipinski definition) is 3. The molecule has 0 saturated carbocycles. The molecule has 1 aliphatic heterocycles. The fraction of sp³-hybridized carbons (Fsp3) is 0.688. The molecule has 1 aromatic rings. The van der Waals surface area contributed by atoms with Crippen LogP contribution in [0, 0.1) is 5.41 Å². The summed E-state index contributed by atoms with van der Waals surface area (Å²) < 4.78 is 0. The molecule has 112 valence electrons. The van der Waals surface area contributed by atoms with Gasteiger partial charge in [-0.2, -0.15) is 0 Å². The Morgan fingerprint density at radius 2 is 1.95 bits per heavy atom. The van der Waals surface area contributed by atoms with Gasteiger partial charge in [-0.25, -0.2) is 4.98 Å². The summed E-state index contributed by atoms with van der Waals surface area (Å²) >= 11 is 6.24. The largest absolute Gasteiger partial charge is 0.357 e. The molecule has 0 radical (unpaired) electrons. The predicted octanol–water partition coefficient (Wildman–Crippen LogP) is 3.86. The molecule has 0 atom stereocenters. The molecule has 2 rings (SSSR count). The third kappa shape index (κ3) is 4.10. The Hall–Kier alpha value is -0.800. The maximum Gasteiger partial charge on any atom is 0.128 e. The summed E-state index contributed by atoms with van der Waals surface area (Å²) in [5.74, 6) is 1.06. The molecule has 3 nitrogen and oxygen atoms in total. The van der Waals surface area contributed by atoms with Gasteiger partial charge in [0.15, 0.2) is 0 Å². The highest BCUT2D eigenvalue weighted by atomic mass is 35.5. The van der Waals surface area contributed by atoms with Crippen molar-refractivity contribution in [2.75, 3.05) is 18.0 Å². The number of nitrogens with zero attached hydrogens (tertiary/aromatic N) is 2. The molecule has 1 aliphatic rings. The number of aromatic nitrogens is 1. The summed E-state index contributed by atoms with van der Waals surface area (Å²) in [5, 5.41) is 4.13. The van der Waals surface area contributed by atoms with Crippen molar-refractivity contribution < 1.29 is 0 Å². The Bertz CT molecular complexity index is 447. The molecule has 1 N–H and O–H groups in total. The molecule has 0 aliphatic carbocycles. The van der Waals surface area contributed by atoms with Crippen LogP contribution in [0.3, 0.4) is 0 Å². The van der Waals surface area contributed by atoms with Gasteiger partial charge in [0.05, 0.1) is 10.7 Å². The molecule has 1 fully saturated rings. The Morgan fingerprint density at radius 3 is 2.55 bits per heavy atom. The molecule has 4 heteroatoms. The van der Waals surface area contributed by atoms with Crippen LogP contribution in [0.25, 0.3) is 0 Å². The fourth-order valence-electron chi connectivity index (χ4n) is 2.41. The molecule has 0 aromatic carbocycles. The Labute approximate surface area is 127 Å². The Morgan fingerprint density at radius 1 is 1.30 bits per heavy atom. The van der Waals surface area contributed by atoms with E-state index in [-0.39, 0.29) is 0 Å². The number of rotatable bonds is 4. The van der Waals surface area contributed by atoms with E-state index < -0.39 is 0 Å². The quantitative estimate of drug-likeness (QED) is 0.914. The van der Waals surface area contributed by atoms with Crippen LogP contribution in [0.15, 0.2) is 12.1 Å². The van der Waals surface area contributed by atoms with Gasteiger partial charge in [0.25, 0.3) is 0 Å². The van der Waals surface area contributed by atoms with Crippen molar-refractivity contribution >= 4 is 17.4 Å². The molecule has 20 heavy (non-hydrogen) atoms. The van der Waals surface area contributed by atoms with Crippen molar-refractivity contribution in [3.63, 3.8) is 0 Å². The van der Waals surface area contributed by atoms with Gasteiger partial charge in [-0.3, -0.25) is 0 Å². The van der Waals surface area contributed by atoms with E-state index in [0.717, 1.165) is 36.2 Å². The molecule has 0 bridgehead atoms. The highest BCUT2D eigenvalue weighted by molar-refractivity contribution is 6.31. The second kappa shape index (κ2) is 6.31. The smallest absolute Gasteiger partial charge is 0.128 e. The topological polar surface area (TPSA) is 28.2 Å². The van der Waals surface area contributed by atoms with Crippen LogP contribution in [0.1, 0.15) is 46.2 Å². The fourth-order valence-corrected chi connectivity index (χ4v) is 2.59. The van der Waals surface area contributed by atoms with E-state index in [1.165, 1.54) is 12.8 Å². The normalized spacial score (nSPS) is 18.6. The first kappa shape index (κ1) is 15.6. The van der Waals surface area contributed by atoms with Gasteiger partial charge in [-0.05, 0) is 30.4 Å². The summed E-state index contributed by atoms with van der Waals surface area (Å²) in [4.78, 5) is 7.12. The zero-order chi connectivity index (χ0) is 14.8. The lowest BCUT2D eigenvalue weighted by Gasteiger charge is -2.37. The van der Waals surface area contributed by atoms with Gasteiger partial charge in [-0.1, -0.05) is 39.3 Å². The van der Waals surface area contributed by atoms with Crippen LogP contribution in [0.2, 0.25) is 5.02 Å². The van der Waals surface area contributed by atoms with E-state index in [1.54, 1.807) is 0 Å². The lowest BCUT2D eigenvalue weighted by atomic mass is 9.83. The highest BCUT2D eigenvalue weighted by Gasteiger charge is 2.26. The van der Waals surface area contributed by atoms with E-state index in [1.807, 2.05) is 12.1 Å². The van der Waals surface area contributed by atoms with Gasteiger partial charge < -0.3 is 10.2 Å². The molecular weight excluding hydrogens is 270 g/mol. The Balaban J connectivity index is 2.07. The van der Waals surface area contributed by atoms with Crippen molar-refractivity contribution in [3.05, 3.63) is 22.8 Å². The molecule has 2 heterocycles. The second-order valence-electron chi connectivity index (χ2n) is 6.78. The minimum Gasteiger partial charge on any atom is -0.357 e. The Kier molecular flexibility index (Phi) is 4.92. The first-order chi connectivity index (χ1) is 9.37. The minimum absolute atomic E-state index is 0.437. The summed E-state index contributed by atoms with van der Waals surface area (Å²) in [6.07, 6.45) is 2.44. The number of anilines is 1. The van der Waals surface area contributed by atoms with E-state index in [0.29, 0.717) is 11.5 Å². The highest BCUT2D eigenvalue weighted by Crippen LogP contribution is 2.32. The van der Waals surface area contributed by atoms with Crippen LogP contribution in [0.5, 0.6) is 0 Å². The SMILES string of the molecule is CC(C)NCc1nc(N2CCC(C)(C)CC2)ccc1Cl. The lowest BCUT2D eigenvalue weighted by Crippen LogP contribution is -2.37. The minimum atomic E-state index is 0.437. The zero-order valence-corrected chi connectivity index (χ0v) is 13.8. The van der Waals surface area contributed by atoms with Crippen LogP contribution < -0.4 is 10.2 Å². The maximum absolute atomic E-state index is 6.24. The maximum atomic E-state index is 6.24. The van der Waals surface area contributed by atoms with E-state index >= 15 is 0 Å². The second-order valence-corrected chi connectivity index (χ2v) is 7.19. The first-order valence-electron chi connectivity index (χ1n) is 7.51. The summed E-state index contributed by atoms with van der Waals surface area (Å²) in [6.45, 7) is 11.8. The van der Waals surface area contributed by atoms with Gasteiger partial charge in [0.2, 0.25) is 0 Å². The van der Waals surface area contributed by atoms with Crippen molar-refractivity contribution in [3.8, 4) is 0 Å². The van der Waals surface area contributed by atoms with Crippen LogP contribution in [-0.4, -0.2) is 24.1 Å². The van der Waals surface area contributed by atoms with Crippen molar-refractivity contribution in [1.29, 1.82) is 0 Å².